The number of aliphatic carboxylic acids is 1. The van der Waals surface area contributed by atoms with Crippen LogP contribution >= 0.6 is 0 Å². The predicted molar refractivity (Wildman–Crippen MR) is 126 cm³/mol. The molecule has 0 spiro atoms. The van der Waals surface area contributed by atoms with Gasteiger partial charge in [-0.15, -0.1) is 0 Å². The van der Waals surface area contributed by atoms with Crippen LogP contribution in [0.1, 0.15) is 22.3 Å². The number of carbonyl (C=O) groups excluding carboxylic acids is 1. The van der Waals surface area contributed by atoms with Crippen LogP contribution in [0.15, 0.2) is 73.2 Å². The van der Waals surface area contributed by atoms with Crippen LogP contribution in [0.5, 0.6) is 0 Å². The van der Waals surface area contributed by atoms with Crippen molar-refractivity contribution in [2.75, 3.05) is 10.7 Å². The number of hydrogen-bond donors (Lipinski definition) is 3. The van der Waals surface area contributed by atoms with Crippen LogP contribution in [0.4, 0.5) is 24.5 Å². The lowest BCUT2D eigenvalue weighted by Gasteiger charge is -2.12. The molecule has 3 heterocycles. The van der Waals surface area contributed by atoms with E-state index in [-0.39, 0.29) is 5.91 Å². The fraction of sp³-hybridized carbons (Fsp3) is 0.0800. The number of pyridine rings is 1. The molecule has 0 radical (unpaired) electrons. The summed E-state index contributed by atoms with van der Waals surface area (Å²) in [7, 11) is 0. The van der Waals surface area contributed by atoms with E-state index in [0.717, 1.165) is 34.6 Å². The molecular weight excluding hydrogens is 461 g/mol. The van der Waals surface area contributed by atoms with Crippen molar-refractivity contribution in [1.29, 1.82) is 0 Å². The zero-order chi connectivity index (χ0) is 25.0. The second kappa shape index (κ2) is 9.72. The van der Waals surface area contributed by atoms with E-state index in [1.165, 1.54) is 5.56 Å². The topological polar surface area (TPSA) is 94.6 Å². The van der Waals surface area contributed by atoms with Gasteiger partial charge in [0.05, 0.1) is 12.2 Å². The first-order chi connectivity index (χ1) is 16.7. The number of aromatic nitrogens is 1. The minimum atomic E-state index is -5.08. The van der Waals surface area contributed by atoms with Gasteiger partial charge in [-0.25, -0.2) is 4.79 Å². The number of anilines is 2. The number of hydrazine groups is 1. The number of rotatable bonds is 3. The van der Waals surface area contributed by atoms with E-state index in [1.54, 1.807) is 12.4 Å². The van der Waals surface area contributed by atoms with Crippen LogP contribution in [0, 0.1) is 0 Å². The molecular formula is C25H19F3N4O3. The molecule has 10 heteroatoms. The van der Waals surface area contributed by atoms with Crippen LogP contribution < -0.4 is 10.7 Å². The Bertz CT molecular complexity index is 1320. The highest BCUT2D eigenvalue weighted by molar-refractivity contribution is 6.34. The summed E-state index contributed by atoms with van der Waals surface area (Å²) >= 11 is 0. The van der Waals surface area contributed by atoms with Crippen LogP contribution in [0.3, 0.4) is 0 Å². The van der Waals surface area contributed by atoms with Gasteiger partial charge in [-0.05, 0) is 53.1 Å². The summed E-state index contributed by atoms with van der Waals surface area (Å²) in [6.45, 7) is 0.789. The molecule has 0 unspecified atom stereocenters. The van der Waals surface area contributed by atoms with E-state index in [0.29, 0.717) is 5.57 Å². The summed E-state index contributed by atoms with van der Waals surface area (Å²) in [5, 5.41) is 12.1. The van der Waals surface area contributed by atoms with Crippen molar-refractivity contribution < 1.29 is 27.9 Å². The Kier molecular flexibility index (Phi) is 6.54. The molecule has 5 rings (SSSR count). The Morgan fingerprint density at radius 1 is 1.03 bits per heavy atom. The van der Waals surface area contributed by atoms with Crippen molar-refractivity contribution in [2.24, 2.45) is 0 Å². The van der Waals surface area contributed by atoms with Gasteiger partial charge in [0, 0.05) is 35.4 Å². The number of hydrogen-bond acceptors (Lipinski definition) is 5. The van der Waals surface area contributed by atoms with Gasteiger partial charge in [0.1, 0.15) is 0 Å². The number of carbonyl (C=O) groups is 2. The number of alkyl halides is 3. The molecule has 2 aromatic carbocycles. The minimum Gasteiger partial charge on any atom is -0.475 e. The molecule has 3 aromatic rings. The molecule has 1 amide bonds. The average Bonchev–Trinajstić information content (AvgIpc) is 3.38. The van der Waals surface area contributed by atoms with Crippen LogP contribution in [0.25, 0.3) is 17.7 Å². The fourth-order valence-corrected chi connectivity index (χ4v) is 3.49. The number of benzene rings is 2. The first-order valence-corrected chi connectivity index (χ1v) is 10.4. The van der Waals surface area contributed by atoms with Gasteiger partial charge in [0.2, 0.25) is 0 Å². The maximum absolute atomic E-state index is 12.3. The van der Waals surface area contributed by atoms with Crippen molar-refractivity contribution in [3.63, 3.8) is 0 Å². The van der Waals surface area contributed by atoms with Crippen LogP contribution in [-0.4, -0.2) is 33.2 Å². The van der Waals surface area contributed by atoms with Gasteiger partial charge in [-0.2, -0.15) is 13.2 Å². The highest BCUT2D eigenvalue weighted by Gasteiger charge is 2.38. The van der Waals surface area contributed by atoms with Crippen molar-refractivity contribution in [3.8, 4) is 0 Å². The van der Waals surface area contributed by atoms with E-state index in [1.807, 2.05) is 59.8 Å². The summed E-state index contributed by atoms with van der Waals surface area (Å²) in [5.74, 6) is -2.82. The van der Waals surface area contributed by atoms with Gasteiger partial charge in [-0.1, -0.05) is 30.3 Å². The maximum Gasteiger partial charge on any atom is 0.490 e. The Morgan fingerprint density at radius 2 is 1.74 bits per heavy atom. The molecule has 2 aliphatic rings. The van der Waals surface area contributed by atoms with Crippen molar-refractivity contribution in [3.05, 3.63) is 95.4 Å². The Labute approximate surface area is 198 Å². The second-order valence-corrected chi connectivity index (χ2v) is 7.61. The third-order valence-corrected chi connectivity index (χ3v) is 5.16. The zero-order valence-corrected chi connectivity index (χ0v) is 18.1. The first kappa shape index (κ1) is 23.6. The SMILES string of the molecule is O=C(O)C(F)(F)F.O=C1Nc2ccccc2C1=Cc1ccc2c(c1)NN(C=Cc1ccncc1)C2. The summed E-state index contributed by atoms with van der Waals surface area (Å²) < 4.78 is 31.7. The molecule has 0 saturated heterocycles. The van der Waals surface area contributed by atoms with Crippen LogP contribution in [-0.2, 0) is 16.1 Å². The highest BCUT2D eigenvalue weighted by Crippen LogP contribution is 2.34. The van der Waals surface area contributed by atoms with E-state index in [9.17, 15) is 18.0 Å². The third kappa shape index (κ3) is 5.67. The number of amides is 1. The number of carboxylic acids is 1. The molecule has 35 heavy (non-hydrogen) atoms. The standard InChI is InChI=1S/C23H18N4O.C2HF3O2/c28-23-20(19-3-1-2-4-21(19)25-23)13-17-5-6-18-15-27(26-22(18)14-17)12-9-16-7-10-24-11-8-16;3-2(4,5)1(6)7/h1-14,26H,15H2,(H,25,28);(H,6,7). The number of halogens is 3. The molecule has 3 N–H and O–H groups in total. The lowest BCUT2D eigenvalue weighted by molar-refractivity contribution is -0.192. The second-order valence-electron chi connectivity index (χ2n) is 7.61. The summed E-state index contributed by atoms with van der Waals surface area (Å²) in [6.07, 6.45) is 4.49. The number of para-hydroxylation sites is 1. The number of nitrogens with one attached hydrogen (secondary N) is 2. The number of carboxylic acid groups (broad SMARTS) is 1. The zero-order valence-electron chi connectivity index (χ0n) is 18.1. The molecule has 0 bridgehead atoms. The van der Waals surface area contributed by atoms with Gasteiger partial charge in [0.15, 0.2) is 0 Å². The largest absolute Gasteiger partial charge is 0.490 e. The molecule has 0 saturated carbocycles. The Balaban J connectivity index is 0.000000364. The van der Waals surface area contributed by atoms with Crippen molar-refractivity contribution in [2.45, 2.75) is 12.7 Å². The van der Waals surface area contributed by atoms with E-state index in [2.05, 4.69) is 33.9 Å². The minimum absolute atomic E-state index is 0.0587. The summed E-state index contributed by atoms with van der Waals surface area (Å²) in [6, 6.07) is 17.9. The molecule has 1 aromatic heterocycles. The third-order valence-electron chi connectivity index (χ3n) is 5.16. The summed E-state index contributed by atoms with van der Waals surface area (Å²) in [4.78, 5) is 25.3. The van der Waals surface area contributed by atoms with Gasteiger partial charge in [-0.3, -0.25) is 20.2 Å². The first-order valence-electron chi connectivity index (χ1n) is 10.4. The van der Waals surface area contributed by atoms with Crippen molar-refractivity contribution >= 4 is 41.0 Å². The van der Waals surface area contributed by atoms with E-state index >= 15 is 0 Å². The fourth-order valence-electron chi connectivity index (χ4n) is 3.49. The van der Waals surface area contributed by atoms with Crippen LogP contribution in [0.2, 0.25) is 0 Å². The maximum atomic E-state index is 12.3. The highest BCUT2D eigenvalue weighted by atomic mass is 19.4. The monoisotopic (exact) mass is 480 g/mol. The predicted octanol–water partition coefficient (Wildman–Crippen LogP) is 5.02. The molecule has 0 fully saturated rings. The van der Waals surface area contributed by atoms with E-state index in [4.69, 9.17) is 9.90 Å². The average molecular weight is 480 g/mol. The van der Waals surface area contributed by atoms with Gasteiger partial charge < -0.3 is 10.4 Å². The van der Waals surface area contributed by atoms with Crippen molar-refractivity contribution in [1.82, 2.24) is 9.99 Å². The lowest BCUT2D eigenvalue weighted by atomic mass is 10.0. The molecule has 7 nitrogen and oxygen atoms in total. The number of nitrogens with zero attached hydrogens (tertiary/aromatic N) is 2. The smallest absolute Gasteiger partial charge is 0.475 e. The quantitative estimate of drug-likeness (QED) is 0.456. The molecule has 178 valence electrons. The Morgan fingerprint density at radius 3 is 2.46 bits per heavy atom. The van der Waals surface area contributed by atoms with E-state index < -0.39 is 12.1 Å². The summed E-state index contributed by atoms with van der Waals surface area (Å²) in [5.41, 5.74) is 10.3. The van der Waals surface area contributed by atoms with Gasteiger partial charge >= 0.3 is 12.1 Å². The molecule has 0 aliphatic carbocycles. The molecule has 2 aliphatic heterocycles. The number of fused-ring (bicyclic) bond motifs is 2. The molecule has 0 atom stereocenters. The Hall–Kier alpha value is -4.60. The lowest BCUT2D eigenvalue weighted by Crippen LogP contribution is -2.21. The normalized spacial score (nSPS) is 15.2. The van der Waals surface area contributed by atoms with Gasteiger partial charge in [0.25, 0.3) is 5.91 Å².